The van der Waals surface area contributed by atoms with Crippen molar-refractivity contribution in [1.29, 1.82) is 0 Å². The quantitative estimate of drug-likeness (QED) is 0.828. The molecule has 0 saturated carbocycles. The van der Waals surface area contributed by atoms with Gasteiger partial charge in [-0.3, -0.25) is 4.79 Å². The summed E-state index contributed by atoms with van der Waals surface area (Å²) < 4.78 is 14.2. The van der Waals surface area contributed by atoms with Crippen molar-refractivity contribution >= 4 is 33.2 Å². The van der Waals surface area contributed by atoms with Gasteiger partial charge in [0.15, 0.2) is 0 Å². The van der Waals surface area contributed by atoms with Gasteiger partial charge < -0.3 is 11.1 Å². The summed E-state index contributed by atoms with van der Waals surface area (Å²) >= 11 is 3.28. The number of benzene rings is 2. The molecule has 3 nitrogen and oxygen atoms in total. The van der Waals surface area contributed by atoms with Gasteiger partial charge in [-0.05, 0) is 42.8 Å². The standard InChI is InChI=1S/C14H12BrFN2O/c1-8-2-3-9(6-11(8)16)14(19)18-13-5-4-10(15)7-12(13)17/h2-7H,17H2,1H3,(H,18,19). The van der Waals surface area contributed by atoms with E-state index in [4.69, 9.17) is 5.73 Å². The topological polar surface area (TPSA) is 55.1 Å². The monoisotopic (exact) mass is 322 g/mol. The molecule has 0 atom stereocenters. The van der Waals surface area contributed by atoms with Crippen molar-refractivity contribution in [3.8, 4) is 0 Å². The van der Waals surface area contributed by atoms with Crippen LogP contribution in [0.4, 0.5) is 15.8 Å². The number of nitrogen functional groups attached to an aromatic ring is 1. The minimum Gasteiger partial charge on any atom is -0.397 e. The third-order valence-corrected chi connectivity index (χ3v) is 3.19. The molecule has 98 valence electrons. The van der Waals surface area contributed by atoms with Crippen molar-refractivity contribution in [2.24, 2.45) is 0 Å². The second-order valence-corrected chi connectivity index (χ2v) is 5.07. The molecule has 2 aromatic rings. The highest BCUT2D eigenvalue weighted by atomic mass is 79.9. The summed E-state index contributed by atoms with van der Waals surface area (Å²) in [6.45, 7) is 1.64. The van der Waals surface area contributed by atoms with Crippen LogP contribution in [-0.2, 0) is 0 Å². The fourth-order valence-electron chi connectivity index (χ4n) is 1.58. The highest BCUT2D eigenvalue weighted by molar-refractivity contribution is 9.10. The molecule has 3 N–H and O–H groups in total. The van der Waals surface area contributed by atoms with E-state index >= 15 is 0 Å². The maximum atomic E-state index is 13.4. The first-order valence-corrected chi connectivity index (χ1v) is 6.39. The Labute approximate surface area is 118 Å². The number of nitrogens with one attached hydrogen (secondary N) is 1. The van der Waals surface area contributed by atoms with Crippen molar-refractivity contribution in [1.82, 2.24) is 0 Å². The van der Waals surface area contributed by atoms with Gasteiger partial charge in [-0.25, -0.2) is 4.39 Å². The van der Waals surface area contributed by atoms with E-state index in [1.54, 1.807) is 37.3 Å². The largest absolute Gasteiger partial charge is 0.397 e. The van der Waals surface area contributed by atoms with Gasteiger partial charge in [0.2, 0.25) is 0 Å². The van der Waals surface area contributed by atoms with Crippen LogP contribution in [0.2, 0.25) is 0 Å². The molecule has 0 aliphatic carbocycles. The van der Waals surface area contributed by atoms with Crippen LogP contribution in [0.3, 0.4) is 0 Å². The molecule has 0 spiro atoms. The Morgan fingerprint density at radius 2 is 2.00 bits per heavy atom. The molecule has 0 heterocycles. The number of hydrogen-bond donors (Lipinski definition) is 2. The predicted octanol–water partition coefficient (Wildman–Crippen LogP) is 3.73. The van der Waals surface area contributed by atoms with E-state index in [0.717, 1.165) is 4.47 Å². The van der Waals surface area contributed by atoms with E-state index in [2.05, 4.69) is 21.2 Å². The van der Waals surface area contributed by atoms with Crippen LogP contribution in [-0.4, -0.2) is 5.91 Å². The number of rotatable bonds is 2. The van der Waals surface area contributed by atoms with E-state index in [1.165, 1.54) is 6.07 Å². The second kappa shape index (κ2) is 5.40. The van der Waals surface area contributed by atoms with Crippen LogP contribution in [0.5, 0.6) is 0 Å². The summed E-state index contributed by atoms with van der Waals surface area (Å²) in [6.07, 6.45) is 0. The maximum Gasteiger partial charge on any atom is 0.255 e. The van der Waals surface area contributed by atoms with Crippen molar-refractivity contribution < 1.29 is 9.18 Å². The minimum atomic E-state index is -0.406. The van der Waals surface area contributed by atoms with Gasteiger partial charge in [0.25, 0.3) is 5.91 Å². The fraction of sp³-hybridized carbons (Fsp3) is 0.0714. The Kier molecular flexibility index (Phi) is 3.85. The van der Waals surface area contributed by atoms with Gasteiger partial charge in [0.1, 0.15) is 5.82 Å². The smallest absolute Gasteiger partial charge is 0.255 e. The zero-order valence-corrected chi connectivity index (χ0v) is 11.8. The molecule has 0 aromatic heterocycles. The Balaban J connectivity index is 2.23. The summed E-state index contributed by atoms with van der Waals surface area (Å²) in [5, 5.41) is 2.65. The predicted molar refractivity (Wildman–Crippen MR) is 77.6 cm³/mol. The van der Waals surface area contributed by atoms with Gasteiger partial charge in [-0.1, -0.05) is 22.0 Å². The zero-order valence-electron chi connectivity index (χ0n) is 10.2. The van der Waals surface area contributed by atoms with Crippen LogP contribution in [0, 0.1) is 12.7 Å². The SMILES string of the molecule is Cc1ccc(C(=O)Nc2ccc(Br)cc2N)cc1F. The maximum absolute atomic E-state index is 13.4. The van der Waals surface area contributed by atoms with E-state index in [-0.39, 0.29) is 5.56 Å². The van der Waals surface area contributed by atoms with Crippen LogP contribution < -0.4 is 11.1 Å². The number of hydrogen-bond acceptors (Lipinski definition) is 2. The van der Waals surface area contributed by atoms with Gasteiger partial charge in [-0.2, -0.15) is 0 Å². The number of halogens is 2. The zero-order chi connectivity index (χ0) is 14.0. The second-order valence-electron chi connectivity index (χ2n) is 4.15. The summed E-state index contributed by atoms with van der Waals surface area (Å²) in [7, 11) is 0. The van der Waals surface area contributed by atoms with Crippen LogP contribution in [0.1, 0.15) is 15.9 Å². The summed E-state index contributed by atoms with van der Waals surface area (Å²) in [5.41, 5.74) is 7.47. The lowest BCUT2D eigenvalue weighted by atomic mass is 10.1. The van der Waals surface area contributed by atoms with Crippen LogP contribution in [0.25, 0.3) is 0 Å². The Hall–Kier alpha value is -1.88. The number of anilines is 2. The minimum absolute atomic E-state index is 0.255. The third-order valence-electron chi connectivity index (χ3n) is 2.70. The molecule has 0 saturated heterocycles. The summed E-state index contributed by atoms with van der Waals surface area (Å²) in [5.74, 6) is -0.802. The van der Waals surface area contributed by atoms with E-state index in [0.29, 0.717) is 16.9 Å². The third kappa shape index (κ3) is 3.12. The first-order chi connectivity index (χ1) is 8.97. The first-order valence-electron chi connectivity index (χ1n) is 5.60. The van der Waals surface area contributed by atoms with E-state index in [9.17, 15) is 9.18 Å². The Morgan fingerprint density at radius 3 is 2.63 bits per heavy atom. The fourth-order valence-corrected chi connectivity index (χ4v) is 1.95. The Bertz CT molecular complexity index is 643. The normalized spacial score (nSPS) is 10.3. The van der Waals surface area contributed by atoms with Crippen LogP contribution >= 0.6 is 15.9 Å². The highest BCUT2D eigenvalue weighted by Crippen LogP contribution is 2.23. The van der Waals surface area contributed by atoms with Crippen LogP contribution in [0.15, 0.2) is 40.9 Å². The van der Waals surface area contributed by atoms with Gasteiger partial charge in [-0.15, -0.1) is 0 Å². The Morgan fingerprint density at radius 1 is 1.26 bits per heavy atom. The molecule has 0 aliphatic heterocycles. The molecule has 2 aromatic carbocycles. The van der Waals surface area contributed by atoms with Crippen molar-refractivity contribution in [3.63, 3.8) is 0 Å². The van der Waals surface area contributed by atoms with Crippen molar-refractivity contribution in [3.05, 3.63) is 57.8 Å². The van der Waals surface area contributed by atoms with Gasteiger partial charge >= 0.3 is 0 Å². The molecule has 2 rings (SSSR count). The van der Waals surface area contributed by atoms with E-state index in [1.807, 2.05) is 0 Å². The molecule has 0 radical (unpaired) electrons. The molecule has 19 heavy (non-hydrogen) atoms. The average Bonchev–Trinajstić information content (AvgIpc) is 2.36. The number of amides is 1. The lowest BCUT2D eigenvalue weighted by Gasteiger charge is -2.09. The number of aryl methyl sites for hydroxylation is 1. The summed E-state index contributed by atoms with van der Waals surface area (Å²) in [4.78, 5) is 12.0. The molecule has 0 aliphatic rings. The molecule has 0 fully saturated rings. The first kappa shape index (κ1) is 13.5. The number of carbonyl (C=O) groups excluding carboxylic acids is 1. The molecule has 0 bridgehead atoms. The lowest BCUT2D eigenvalue weighted by molar-refractivity contribution is 0.102. The molecule has 5 heteroatoms. The molecular formula is C14H12BrFN2O. The average molecular weight is 323 g/mol. The highest BCUT2D eigenvalue weighted by Gasteiger charge is 2.10. The molecule has 1 amide bonds. The van der Waals surface area contributed by atoms with E-state index < -0.39 is 11.7 Å². The van der Waals surface area contributed by atoms with Gasteiger partial charge in [0.05, 0.1) is 11.4 Å². The number of carbonyl (C=O) groups is 1. The lowest BCUT2D eigenvalue weighted by Crippen LogP contribution is -2.13. The van der Waals surface area contributed by atoms with Crippen molar-refractivity contribution in [2.45, 2.75) is 6.92 Å². The molecule has 0 unspecified atom stereocenters. The van der Waals surface area contributed by atoms with Gasteiger partial charge in [0, 0.05) is 10.0 Å². The number of nitrogens with two attached hydrogens (primary N) is 1. The molecular weight excluding hydrogens is 311 g/mol. The van der Waals surface area contributed by atoms with Crippen molar-refractivity contribution in [2.75, 3.05) is 11.1 Å². The summed E-state index contributed by atoms with van der Waals surface area (Å²) in [6, 6.07) is 9.48.